The SMILES string of the molecule is Cc1cc2nc(N(Cc3ccccn3)C(=O)c3ccc(Cl)cc3)sc2cc1C. The minimum atomic E-state index is -0.130. The summed E-state index contributed by atoms with van der Waals surface area (Å²) in [5.74, 6) is -0.130. The Morgan fingerprint density at radius 3 is 2.54 bits per heavy atom. The summed E-state index contributed by atoms with van der Waals surface area (Å²) in [7, 11) is 0. The summed E-state index contributed by atoms with van der Waals surface area (Å²) in [6.45, 7) is 4.50. The van der Waals surface area contributed by atoms with Crippen LogP contribution in [-0.2, 0) is 6.54 Å². The van der Waals surface area contributed by atoms with Gasteiger partial charge in [-0.3, -0.25) is 14.7 Å². The number of thiazole rings is 1. The summed E-state index contributed by atoms with van der Waals surface area (Å²) in [6, 6.07) is 16.8. The van der Waals surface area contributed by atoms with Gasteiger partial charge in [0.05, 0.1) is 22.5 Å². The maximum Gasteiger partial charge on any atom is 0.260 e. The molecule has 6 heteroatoms. The molecule has 0 saturated heterocycles. The monoisotopic (exact) mass is 407 g/mol. The number of rotatable bonds is 4. The van der Waals surface area contributed by atoms with Gasteiger partial charge < -0.3 is 0 Å². The van der Waals surface area contributed by atoms with Crippen molar-refractivity contribution in [3.05, 3.63) is 88.2 Å². The van der Waals surface area contributed by atoms with Gasteiger partial charge >= 0.3 is 0 Å². The number of hydrogen-bond acceptors (Lipinski definition) is 4. The van der Waals surface area contributed by atoms with Crippen molar-refractivity contribution in [2.75, 3.05) is 4.90 Å². The smallest absolute Gasteiger partial charge is 0.260 e. The maximum atomic E-state index is 13.3. The summed E-state index contributed by atoms with van der Waals surface area (Å²) in [5, 5.41) is 1.25. The van der Waals surface area contributed by atoms with Gasteiger partial charge in [0.1, 0.15) is 0 Å². The van der Waals surface area contributed by atoms with Crippen molar-refractivity contribution in [1.82, 2.24) is 9.97 Å². The van der Waals surface area contributed by atoms with E-state index in [1.807, 2.05) is 18.2 Å². The summed E-state index contributed by atoms with van der Waals surface area (Å²) in [5.41, 5.74) is 4.66. The number of nitrogens with zero attached hydrogens (tertiary/aromatic N) is 3. The zero-order valence-corrected chi connectivity index (χ0v) is 17.1. The lowest BCUT2D eigenvalue weighted by molar-refractivity contribution is 0.0985. The van der Waals surface area contributed by atoms with Crippen LogP contribution in [0.2, 0.25) is 5.02 Å². The number of halogens is 1. The number of pyridine rings is 1. The first-order chi connectivity index (χ1) is 13.5. The van der Waals surface area contributed by atoms with Gasteiger partial charge in [0.2, 0.25) is 0 Å². The third-order valence-electron chi connectivity index (χ3n) is 4.61. The summed E-state index contributed by atoms with van der Waals surface area (Å²) in [6.07, 6.45) is 1.73. The first-order valence-electron chi connectivity index (χ1n) is 8.86. The Labute approximate surface area is 172 Å². The number of benzene rings is 2. The van der Waals surface area contributed by atoms with E-state index in [4.69, 9.17) is 16.6 Å². The fourth-order valence-electron chi connectivity index (χ4n) is 2.91. The minimum Gasteiger partial charge on any atom is -0.278 e. The van der Waals surface area contributed by atoms with Gasteiger partial charge in [-0.15, -0.1) is 0 Å². The molecule has 0 radical (unpaired) electrons. The molecule has 0 aliphatic heterocycles. The Hall–Kier alpha value is -2.76. The van der Waals surface area contributed by atoms with Crippen LogP contribution in [0.25, 0.3) is 10.2 Å². The molecule has 0 bridgehead atoms. The molecule has 0 atom stereocenters. The number of carbonyl (C=O) groups excluding carboxylic acids is 1. The van der Waals surface area contributed by atoms with Crippen molar-refractivity contribution in [1.29, 1.82) is 0 Å². The normalized spacial score (nSPS) is 11.0. The molecule has 0 aliphatic carbocycles. The van der Waals surface area contributed by atoms with Crippen molar-refractivity contribution in [2.24, 2.45) is 0 Å². The van der Waals surface area contributed by atoms with Crippen molar-refractivity contribution in [2.45, 2.75) is 20.4 Å². The molecule has 0 aliphatic rings. The van der Waals surface area contributed by atoms with E-state index in [0.29, 0.717) is 22.3 Å². The third-order valence-corrected chi connectivity index (χ3v) is 5.90. The van der Waals surface area contributed by atoms with Gasteiger partial charge in [-0.1, -0.05) is 29.0 Å². The van der Waals surface area contributed by atoms with E-state index in [9.17, 15) is 4.79 Å². The number of carbonyl (C=O) groups is 1. The number of hydrogen-bond donors (Lipinski definition) is 0. The van der Waals surface area contributed by atoms with Crippen LogP contribution in [0, 0.1) is 13.8 Å². The number of anilines is 1. The van der Waals surface area contributed by atoms with Crippen LogP contribution >= 0.6 is 22.9 Å². The molecule has 0 fully saturated rings. The van der Waals surface area contributed by atoms with E-state index < -0.39 is 0 Å². The molecule has 0 saturated carbocycles. The minimum absolute atomic E-state index is 0.130. The van der Waals surface area contributed by atoms with Crippen LogP contribution in [0.4, 0.5) is 5.13 Å². The molecular weight excluding hydrogens is 390 g/mol. The fourth-order valence-corrected chi connectivity index (χ4v) is 4.08. The standard InChI is InChI=1S/C22H18ClN3OS/c1-14-11-19-20(12-15(14)2)28-22(25-19)26(13-18-5-3-4-10-24-18)21(27)16-6-8-17(23)9-7-16/h3-12H,13H2,1-2H3. The van der Waals surface area contributed by atoms with Crippen LogP contribution in [0.5, 0.6) is 0 Å². The van der Waals surface area contributed by atoms with Crippen molar-refractivity contribution < 1.29 is 4.79 Å². The summed E-state index contributed by atoms with van der Waals surface area (Å²) >= 11 is 7.49. The Morgan fingerprint density at radius 1 is 1.07 bits per heavy atom. The van der Waals surface area contributed by atoms with Crippen molar-refractivity contribution in [3.8, 4) is 0 Å². The lowest BCUT2D eigenvalue weighted by Gasteiger charge is -2.19. The molecule has 0 N–H and O–H groups in total. The highest BCUT2D eigenvalue weighted by Gasteiger charge is 2.22. The largest absolute Gasteiger partial charge is 0.278 e. The highest BCUT2D eigenvalue weighted by atomic mass is 35.5. The third kappa shape index (κ3) is 3.77. The number of aryl methyl sites for hydroxylation is 2. The highest BCUT2D eigenvalue weighted by molar-refractivity contribution is 7.22. The number of aromatic nitrogens is 2. The van der Waals surface area contributed by atoms with Gasteiger partial charge in [-0.2, -0.15) is 0 Å². The summed E-state index contributed by atoms with van der Waals surface area (Å²) in [4.78, 5) is 24.1. The predicted molar refractivity (Wildman–Crippen MR) is 115 cm³/mol. The predicted octanol–water partition coefficient (Wildman–Crippen LogP) is 5.81. The number of fused-ring (bicyclic) bond motifs is 1. The van der Waals surface area contributed by atoms with Crippen LogP contribution in [0.1, 0.15) is 27.2 Å². The van der Waals surface area contributed by atoms with E-state index in [0.717, 1.165) is 15.9 Å². The fraction of sp³-hybridized carbons (Fsp3) is 0.136. The van der Waals surface area contributed by atoms with Gasteiger partial charge in [-0.05, 0) is 73.5 Å². The average Bonchev–Trinajstić information content (AvgIpc) is 3.09. The molecule has 2 aromatic carbocycles. The molecule has 4 rings (SSSR count). The van der Waals surface area contributed by atoms with Gasteiger partial charge in [0.25, 0.3) is 5.91 Å². The van der Waals surface area contributed by atoms with Crippen LogP contribution in [0.3, 0.4) is 0 Å². The Morgan fingerprint density at radius 2 is 1.82 bits per heavy atom. The molecule has 0 spiro atoms. The molecule has 1 amide bonds. The summed E-state index contributed by atoms with van der Waals surface area (Å²) < 4.78 is 1.06. The van der Waals surface area contributed by atoms with Crippen molar-refractivity contribution in [3.63, 3.8) is 0 Å². The quantitative estimate of drug-likeness (QED) is 0.429. The first kappa shape index (κ1) is 18.6. The molecular formula is C22H18ClN3OS. The Bertz CT molecular complexity index is 1100. The lowest BCUT2D eigenvalue weighted by atomic mass is 10.1. The maximum absolute atomic E-state index is 13.3. The molecule has 4 aromatic rings. The molecule has 0 unspecified atom stereocenters. The van der Waals surface area contributed by atoms with E-state index in [1.165, 1.54) is 22.5 Å². The second kappa shape index (κ2) is 7.70. The average molecular weight is 408 g/mol. The highest BCUT2D eigenvalue weighted by Crippen LogP contribution is 2.32. The second-order valence-corrected chi connectivity index (χ2v) is 8.07. The van der Waals surface area contributed by atoms with Crippen LogP contribution in [-0.4, -0.2) is 15.9 Å². The van der Waals surface area contributed by atoms with Gasteiger partial charge in [0.15, 0.2) is 5.13 Å². The Balaban J connectivity index is 1.78. The van der Waals surface area contributed by atoms with Gasteiger partial charge in [-0.25, -0.2) is 4.98 Å². The van der Waals surface area contributed by atoms with Crippen LogP contribution < -0.4 is 4.90 Å². The Kier molecular flexibility index (Phi) is 5.11. The molecule has 140 valence electrons. The lowest BCUT2D eigenvalue weighted by Crippen LogP contribution is -2.30. The van der Waals surface area contributed by atoms with E-state index >= 15 is 0 Å². The van der Waals surface area contributed by atoms with E-state index in [-0.39, 0.29) is 5.91 Å². The molecule has 28 heavy (non-hydrogen) atoms. The second-order valence-electron chi connectivity index (χ2n) is 6.62. The molecule has 4 nitrogen and oxygen atoms in total. The van der Waals surface area contributed by atoms with E-state index in [2.05, 4.69) is 31.0 Å². The van der Waals surface area contributed by atoms with E-state index in [1.54, 1.807) is 35.4 Å². The topological polar surface area (TPSA) is 46.1 Å². The van der Waals surface area contributed by atoms with Gasteiger partial charge in [0, 0.05) is 16.8 Å². The first-order valence-corrected chi connectivity index (χ1v) is 10.1. The van der Waals surface area contributed by atoms with Crippen LogP contribution in [0.15, 0.2) is 60.8 Å². The number of amides is 1. The zero-order chi connectivity index (χ0) is 19.7. The van der Waals surface area contributed by atoms with Crippen molar-refractivity contribution >= 4 is 44.2 Å². The molecule has 2 aromatic heterocycles. The molecule has 2 heterocycles. The zero-order valence-electron chi connectivity index (χ0n) is 15.5.